The van der Waals surface area contributed by atoms with Gasteiger partial charge in [-0.1, -0.05) is 12.8 Å². The maximum atomic E-state index is 13.5. The third-order valence-corrected chi connectivity index (χ3v) is 4.49. The highest BCUT2D eigenvalue weighted by molar-refractivity contribution is 5.92. The molecule has 4 nitrogen and oxygen atoms in total. The first-order valence-electron chi connectivity index (χ1n) is 8.82. The Balaban J connectivity index is 1.44. The van der Waals surface area contributed by atoms with Crippen LogP contribution >= 0.6 is 0 Å². The van der Waals surface area contributed by atoms with Gasteiger partial charge in [0.15, 0.2) is 18.2 Å². The molecular formula is C20H22F2N2O2. The first kappa shape index (κ1) is 18.2. The number of nitrogens with one attached hydrogen (secondary N) is 2. The molecule has 1 saturated carbocycles. The Morgan fingerprint density at radius 3 is 2.42 bits per heavy atom. The van der Waals surface area contributed by atoms with Gasteiger partial charge in [-0.2, -0.15) is 0 Å². The monoisotopic (exact) mass is 360 g/mol. The van der Waals surface area contributed by atoms with Crippen molar-refractivity contribution in [3.8, 4) is 5.75 Å². The molecule has 1 aliphatic rings. The summed E-state index contributed by atoms with van der Waals surface area (Å²) in [4.78, 5) is 11.9. The summed E-state index contributed by atoms with van der Waals surface area (Å²) < 4.78 is 31.4. The van der Waals surface area contributed by atoms with E-state index >= 15 is 0 Å². The van der Waals surface area contributed by atoms with Crippen LogP contribution in [0.5, 0.6) is 5.75 Å². The van der Waals surface area contributed by atoms with Crippen LogP contribution in [0.4, 0.5) is 20.2 Å². The van der Waals surface area contributed by atoms with Crippen LogP contribution in [0.2, 0.25) is 0 Å². The highest BCUT2D eigenvalue weighted by Gasteiger charge is 2.14. The summed E-state index contributed by atoms with van der Waals surface area (Å²) in [7, 11) is 0. The predicted molar refractivity (Wildman–Crippen MR) is 97.4 cm³/mol. The van der Waals surface area contributed by atoms with Crippen molar-refractivity contribution in [3.63, 3.8) is 0 Å². The van der Waals surface area contributed by atoms with Crippen molar-refractivity contribution in [1.82, 2.24) is 0 Å². The minimum absolute atomic E-state index is 0.159. The van der Waals surface area contributed by atoms with Gasteiger partial charge in [-0.15, -0.1) is 0 Å². The van der Waals surface area contributed by atoms with Crippen LogP contribution in [0, 0.1) is 17.6 Å². The molecule has 1 fully saturated rings. The molecular weight excluding hydrogens is 338 g/mol. The SMILES string of the molecule is O=C(COc1ccc(F)cc1F)Nc1ccc(NCC2CCCC2)cc1. The molecule has 1 amide bonds. The maximum Gasteiger partial charge on any atom is 0.262 e. The lowest BCUT2D eigenvalue weighted by molar-refractivity contribution is -0.118. The minimum atomic E-state index is -0.838. The highest BCUT2D eigenvalue weighted by atomic mass is 19.1. The van der Waals surface area contributed by atoms with Gasteiger partial charge in [-0.25, -0.2) is 8.78 Å². The normalized spacial score (nSPS) is 14.2. The summed E-state index contributed by atoms with van der Waals surface area (Å²) in [6.07, 6.45) is 5.22. The third kappa shape index (κ3) is 5.18. The van der Waals surface area contributed by atoms with Gasteiger partial charge >= 0.3 is 0 Å². The van der Waals surface area contributed by atoms with Crippen LogP contribution in [-0.4, -0.2) is 19.1 Å². The number of anilines is 2. The lowest BCUT2D eigenvalue weighted by Gasteiger charge is -2.12. The lowest BCUT2D eigenvalue weighted by Crippen LogP contribution is -2.20. The van der Waals surface area contributed by atoms with Crippen LogP contribution in [0.3, 0.4) is 0 Å². The summed E-state index contributed by atoms with van der Waals surface area (Å²) in [5, 5.41) is 6.09. The maximum absolute atomic E-state index is 13.5. The van der Waals surface area contributed by atoms with Gasteiger partial charge in [0.05, 0.1) is 0 Å². The molecule has 0 spiro atoms. The minimum Gasteiger partial charge on any atom is -0.481 e. The van der Waals surface area contributed by atoms with E-state index in [1.165, 1.54) is 25.7 Å². The second kappa shape index (κ2) is 8.65. The first-order valence-corrected chi connectivity index (χ1v) is 8.82. The first-order chi connectivity index (χ1) is 12.6. The number of amides is 1. The van der Waals surface area contributed by atoms with E-state index in [0.717, 1.165) is 30.3 Å². The zero-order valence-electron chi connectivity index (χ0n) is 14.4. The molecule has 2 N–H and O–H groups in total. The molecule has 0 heterocycles. The average molecular weight is 360 g/mol. The van der Waals surface area contributed by atoms with Crippen molar-refractivity contribution in [2.75, 3.05) is 23.8 Å². The Bertz CT molecular complexity index is 744. The van der Waals surface area contributed by atoms with Crippen molar-refractivity contribution in [2.24, 2.45) is 5.92 Å². The molecule has 3 rings (SSSR count). The van der Waals surface area contributed by atoms with E-state index in [0.29, 0.717) is 11.8 Å². The number of halogens is 2. The largest absolute Gasteiger partial charge is 0.481 e. The number of benzene rings is 2. The third-order valence-electron chi connectivity index (χ3n) is 4.49. The zero-order chi connectivity index (χ0) is 18.4. The van der Waals surface area contributed by atoms with Gasteiger partial charge in [-0.3, -0.25) is 4.79 Å². The van der Waals surface area contributed by atoms with E-state index in [4.69, 9.17) is 4.74 Å². The van der Waals surface area contributed by atoms with Gasteiger partial charge in [0, 0.05) is 24.0 Å². The van der Waals surface area contributed by atoms with Crippen LogP contribution in [0.1, 0.15) is 25.7 Å². The summed E-state index contributed by atoms with van der Waals surface area (Å²) in [5.74, 6) is -1.36. The van der Waals surface area contributed by atoms with Crippen LogP contribution in [0.15, 0.2) is 42.5 Å². The fraction of sp³-hybridized carbons (Fsp3) is 0.350. The Morgan fingerprint density at radius 1 is 1.04 bits per heavy atom. The molecule has 26 heavy (non-hydrogen) atoms. The molecule has 2 aromatic carbocycles. The molecule has 0 aliphatic heterocycles. The van der Waals surface area contributed by atoms with Crippen LogP contribution in [-0.2, 0) is 4.79 Å². The second-order valence-electron chi connectivity index (χ2n) is 6.52. The molecule has 0 radical (unpaired) electrons. The summed E-state index contributed by atoms with van der Waals surface area (Å²) in [5.41, 5.74) is 1.64. The van der Waals surface area contributed by atoms with Gasteiger partial charge in [-0.05, 0) is 55.2 Å². The predicted octanol–water partition coefficient (Wildman–Crippen LogP) is 4.58. The van der Waals surface area contributed by atoms with E-state index in [1.807, 2.05) is 12.1 Å². The number of carbonyl (C=O) groups is 1. The number of rotatable bonds is 7. The highest BCUT2D eigenvalue weighted by Crippen LogP contribution is 2.25. The quantitative estimate of drug-likeness (QED) is 0.760. The van der Waals surface area contributed by atoms with Gasteiger partial charge in [0.25, 0.3) is 5.91 Å². The van der Waals surface area contributed by atoms with E-state index < -0.39 is 17.5 Å². The van der Waals surface area contributed by atoms with E-state index in [2.05, 4.69) is 10.6 Å². The number of hydrogen-bond donors (Lipinski definition) is 2. The van der Waals surface area contributed by atoms with Crippen molar-refractivity contribution >= 4 is 17.3 Å². The Labute approximate surface area is 151 Å². The second-order valence-corrected chi connectivity index (χ2v) is 6.52. The number of hydrogen-bond acceptors (Lipinski definition) is 3. The van der Waals surface area contributed by atoms with Crippen LogP contribution in [0.25, 0.3) is 0 Å². The Morgan fingerprint density at radius 2 is 1.73 bits per heavy atom. The Hall–Kier alpha value is -2.63. The standard InChI is InChI=1S/C20H22F2N2O2/c21-15-5-10-19(18(22)11-15)26-13-20(25)24-17-8-6-16(7-9-17)23-12-14-3-1-2-4-14/h5-11,14,23H,1-4,12-13H2,(H,24,25). The molecule has 0 unspecified atom stereocenters. The molecule has 0 atom stereocenters. The summed E-state index contributed by atoms with van der Waals surface area (Å²) in [6.45, 7) is 0.618. The number of ether oxygens (including phenoxy) is 1. The fourth-order valence-electron chi connectivity index (χ4n) is 3.08. The molecule has 0 aromatic heterocycles. The van der Waals surface area contributed by atoms with Crippen molar-refractivity contribution in [1.29, 1.82) is 0 Å². The molecule has 6 heteroatoms. The average Bonchev–Trinajstić information content (AvgIpc) is 3.14. The number of carbonyl (C=O) groups excluding carboxylic acids is 1. The van der Waals surface area contributed by atoms with E-state index in [-0.39, 0.29) is 12.4 Å². The molecule has 0 bridgehead atoms. The topological polar surface area (TPSA) is 50.4 Å². The van der Waals surface area contributed by atoms with Crippen molar-refractivity contribution in [2.45, 2.75) is 25.7 Å². The zero-order valence-corrected chi connectivity index (χ0v) is 14.4. The van der Waals surface area contributed by atoms with Crippen molar-refractivity contribution in [3.05, 3.63) is 54.1 Å². The van der Waals surface area contributed by atoms with E-state index in [1.54, 1.807) is 12.1 Å². The molecule has 1 aliphatic carbocycles. The lowest BCUT2D eigenvalue weighted by atomic mass is 10.1. The van der Waals surface area contributed by atoms with Gasteiger partial charge in [0.2, 0.25) is 0 Å². The van der Waals surface area contributed by atoms with Gasteiger partial charge < -0.3 is 15.4 Å². The molecule has 138 valence electrons. The fourth-order valence-corrected chi connectivity index (χ4v) is 3.08. The van der Waals surface area contributed by atoms with Crippen molar-refractivity contribution < 1.29 is 18.3 Å². The van der Waals surface area contributed by atoms with E-state index in [9.17, 15) is 13.6 Å². The summed E-state index contributed by atoms with van der Waals surface area (Å²) in [6, 6.07) is 10.4. The molecule has 2 aromatic rings. The Kier molecular flexibility index (Phi) is 6.04. The summed E-state index contributed by atoms with van der Waals surface area (Å²) >= 11 is 0. The van der Waals surface area contributed by atoms with Gasteiger partial charge in [0.1, 0.15) is 5.82 Å². The molecule has 0 saturated heterocycles. The smallest absolute Gasteiger partial charge is 0.262 e. The van der Waals surface area contributed by atoms with Crippen LogP contribution < -0.4 is 15.4 Å².